The molecule has 0 atom stereocenters. The summed E-state index contributed by atoms with van der Waals surface area (Å²) >= 11 is 1.37. The van der Waals surface area contributed by atoms with Crippen molar-refractivity contribution in [1.29, 1.82) is 0 Å². The molecule has 0 aliphatic heterocycles. The number of fused-ring (bicyclic) bond motifs is 1. The number of ketones is 1. The zero-order valence-electron chi connectivity index (χ0n) is 17.7. The van der Waals surface area contributed by atoms with Crippen molar-refractivity contribution in [2.24, 2.45) is 23.2 Å². The molecule has 3 aromatic rings. The van der Waals surface area contributed by atoms with E-state index in [0.29, 0.717) is 22.6 Å². The maximum Gasteiger partial charge on any atom is 0.348 e. The van der Waals surface area contributed by atoms with Gasteiger partial charge in [-0.25, -0.2) is 9.48 Å². The van der Waals surface area contributed by atoms with Crippen molar-refractivity contribution < 1.29 is 14.3 Å². The molecule has 4 fully saturated rings. The average molecular weight is 435 g/mol. The first-order valence-electron chi connectivity index (χ1n) is 11.3. The number of para-hydroxylation sites is 1. The molecular formula is C25H26N2O3S. The van der Waals surface area contributed by atoms with E-state index in [9.17, 15) is 9.59 Å². The number of nitrogens with zero attached hydrogens (tertiary/aromatic N) is 2. The number of benzene rings is 1. The number of thiophene rings is 1. The van der Waals surface area contributed by atoms with Crippen molar-refractivity contribution in [2.45, 2.75) is 45.4 Å². The number of esters is 1. The summed E-state index contributed by atoms with van der Waals surface area (Å²) in [5, 5.41) is 5.57. The van der Waals surface area contributed by atoms with E-state index in [1.54, 1.807) is 0 Å². The number of Topliss-reactive ketones (excluding diaryl/α,β-unsaturated/α-hetero) is 1. The Hall–Kier alpha value is -2.47. The summed E-state index contributed by atoms with van der Waals surface area (Å²) in [6, 6.07) is 11.7. The van der Waals surface area contributed by atoms with Crippen molar-refractivity contribution >= 4 is 33.3 Å². The molecule has 0 unspecified atom stereocenters. The van der Waals surface area contributed by atoms with Crippen LogP contribution in [0.4, 0.5) is 0 Å². The molecule has 4 aliphatic rings. The predicted octanol–water partition coefficient (Wildman–Crippen LogP) is 5.34. The third-order valence-electron chi connectivity index (χ3n) is 7.71. The van der Waals surface area contributed by atoms with Crippen molar-refractivity contribution in [3.63, 3.8) is 0 Å². The molecule has 160 valence electrons. The van der Waals surface area contributed by atoms with Crippen LogP contribution in [-0.2, 0) is 9.53 Å². The lowest BCUT2D eigenvalue weighted by Gasteiger charge is -2.55. The van der Waals surface area contributed by atoms with E-state index in [1.807, 2.05) is 48.0 Å². The highest BCUT2D eigenvalue weighted by atomic mass is 32.1. The van der Waals surface area contributed by atoms with Gasteiger partial charge in [-0.1, -0.05) is 18.2 Å². The van der Waals surface area contributed by atoms with Crippen LogP contribution >= 0.6 is 11.3 Å². The van der Waals surface area contributed by atoms with Gasteiger partial charge in [0.2, 0.25) is 0 Å². The minimum Gasteiger partial charge on any atom is -0.453 e. The number of rotatable bonds is 5. The molecule has 0 spiro atoms. The molecule has 4 bridgehead atoms. The summed E-state index contributed by atoms with van der Waals surface area (Å²) in [5.41, 5.74) is 1.61. The smallest absolute Gasteiger partial charge is 0.348 e. The van der Waals surface area contributed by atoms with Crippen molar-refractivity contribution in [3.8, 4) is 5.69 Å². The van der Waals surface area contributed by atoms with Crippen molar-refractivity contribution in [2.75, 3.05) is 6.61 Å². The lowest BCUT2D eigenvalue weighted by Crippen LogP contribution is -2.51. The van der Waals surface area contributed by atoms with Gasteiger partial charge in [0, 0.05) is 10.8 Å². The van der Waals surface area contributed by atoms with E-state index in [0.717, 1.165) is 40.9 Å². The molecule has 2 heterocycles. The van der Waals surface area contributed by atoms with Crippen LogP contribution in [0.25, 0.3) is 15.9 Å². The number of aryl methyl sites for hydroxylation is 1. The Labute approximate surface area is 185 Å². The Morgan fingerprint density at radius 1 is 1.10 bits per heavy atom. The first kappa shape index (κ1) is 19.2. The fraction of sp³-hybridized carbons (Fsp3) is 0.480. The van der Waals surface area contributed by atoms with E-state index in [-0.39, 0.29) is 17.8 Å². The van der Waals surface area contributed by atoms with Gasteiger partial charge >= 0.3 is 5.97 Å². The molecule has 7 rings (SSSR count). The molecule has 0 radical (unpaired) electrons. The molecule has 1 aromatic carbocycles. The highest BCUT2D eigenvalue weighted by Crippen LogP contribution is 2.60. The summed E-state index contributed by atoms with van der Waals surface area (Å²) in [6.45, 7) is 1.85. The monoisotopic (exact) mass is 434 g/mol. The maximum atomic E-state index is 13.2. The number of carbonyl (C=O) groups is 2. The van der Waals surface area contributed by atoms with Gasteiger partial charge in [0.25, 0.3) is 0 Å². The summed E-state index contributed by atoms with van der Waals surface area (Å²) in [6.07, 6.45) is 6.91. The van der Waals surface area contributed by atoms with Crippen LogP contribution in [0.3, 0.4) is 0 Å². The summed E-state index contributed by atoms with van der Waals surface area (Å²) in [5.74, 6) is 1.86. The second-order valence-corrected chi connectivity index (χ2v) is 10.9. The van der Waals surface area contributed by atoms with Gasteiger partial charge in [0.05, 0.1) is 11.4 Å². The summed E-state index contributed by atoms with van der Waals surface area (Å²) in [7, 11) is 0. The maximum absolute atomic E-state index is 13.2. The number of ether oxygens (including phenoxy) is 1. The molecular weight excluding hydrogens is 408 g/mol. The zero-order valence-corrected chi connectivity index (χ0v) is 18.5. The van der Waals surface area contributed by atoms with E-state index >= 15 is 0 Å². The molecule has 0 saturated heterocycles. The largest absolute Gasteiger partial charge is 0.453 e. The van der Waals surface area contributed by atoms with E-state index in [4.69, 9.17) is 4.74 Å². The third kappa shape index (κ3) is 3.15. The van der Waals surface area contributed by atoms with Crippen LogP contribution in [0.2, 0.25) is 0 Å². The fourth-order valence-corrected chi connectivity index (χ4v) is 7.78. The standard InChI is InChI=1S/C25H26N2O3S/c1-15-20-10-21(31-23(20)27(26-15)19-5-3-2-4-6-19)24(29)30-14-22(28)25-11-16-7-17(12-25)9-18(8-16)13-25/h2-6,10,16-18H,7-9,11-14H2,1H3. The SMILES string of the molecule is Cc1nn(-c2ccccc2)c2sc(C(=O)OCC(=O)C34CC5CC(CC(C5)C3)C4)cc12. The Bertz CT molecular complexity index is 1140. The molecule has 0 N–H and O–H groups in total. The number of hydrogen-bond acceptors (Lipinski definition) is 5. The van der Waals surface area contributed by atoms with Crippen LogP contribution < -0.4 is 0 Å². The Balaban J connectivity index is 1.19. The first-order valence-corrected chi connectivity index (χ1v) is 12.1. The number of aromatic nitrogens is 2. The fourth-order valence-electron chi connectivity index (χ4n) is 6.70. The molecule has 0 amide bonds. The van der Waals surface area contributed by atoms with E-state index in [2.05, 4.69) is 5.10 Å². The Morgan fingerprint density at radius 2 is 1.74 bits per heavy atom. The van der Waals surface area contributed by atoms with Crippen LogP contribution in [0.1, 0.15) is 53.9 Å². The average Bonchev–Trinajstić information content (AvgIpc) is 3.32. The second-order valence-electron chi connectivity index (χ2n) is 9.86. The van der Waals surface area contributed by atoms with Crippen LogP contribution in [0, 0.1) is 30.1 Å². The summed E-state index contributed by atoms with van der Waals surface area (Å²) in [4.78, 5) is 27.4. The number of hydrogen-bond donors (Lipinski definition) is 0. The summed E-state index contributed by atoms with van der Waals surface area (Å²) < 4.78 is 7.42. The van der Waals surface area contributed by atoms with Gasteiger partial charge < -0.3 is 4.74 Å². The van der Waals surface area contributed by atoms with Crippen LogP contribution in [0.5, 0.6) is 0 Å². The van der Waals surface area contributed by atoms with E-state index < -0.39 is 5.97 Å². The lowest BCUT2D eigenvalue weighted by molar-refractivity contribution is -0.147. The van der Waals surface area contributed by atoms with E-state index in [1.165, 1.54) is 30.6 Å². The van der Waals surface area contributed by atoms with Gasteiger partial charge in [-0.2, -0.15) is 5.10 Å². The minimum atomic E-state index is -0.404. The van der Waals surface area contributed by atoms with Gasteiger partial charge in [0.1, 0.15) is 9.71 Å². The van der Waals surface area contributed by atoms with Gasteiger partial charge in [-0.05, 0) is 81.4 Å². The zero-order chi connectivity index (χ0) is 21.2. The third-order valence-corrected chi connectivity index (χ3v) is 8.80. The van der Waals surface area contributed by atoms with Gasteiger partial charge in [-0.15, -0.1) is 11.3 Å². The topological polar surface area (TPSA) is 61.2 Å². The minimum absolute atomic E-state index is 0.0942. The second kappa shape index (κ2) is 7.02. The van der Waals surface area contributed by atoms with Gasteiger partial charge in [-0.3, -0.25) is 4.79 Å². The lowest BCUT2D eigenvalue weighted by atomic mass is 9.48. The first-order chi connectivity index (χ1) is 15.0. The van der Waals surface area contributed by atoms with Crippen LogP contribution in [0.15, 0.2) is 36.4 Å². The highest BCUT2D eigenvalue weighted by molar-refractivity contribution is 7.20. The molecule has 31 heavy (non-hydrogen) atoms. The molecule has 2 aromatic heterocycles. The molecule has 4 saturated carbocycles. The molecule has 6 heteroatoms. The predicted molar refractivity (Wildman–Crippen MR) is 120 cm³/mol. The molecule has 4 aliphatic carbocycles. The van der Waals surface area contributed by atoms with Crippen molar-refractivity contribution in [1.82, 2.24) is 9.78 Å². The Kier molecular flexibility index (Phi) is 4.36. The van der Waals surface area contributed by atoms with Gasteiger partial charge in [0.15, 0.2) is 12.4 Å². The quantitative estimate of drug-likeness (QED) is 0.509. The molecule has 5 nitrogen and oxygen atoms in total. The normalized spacial score (nSPS) is 28.9. The number of carbonyl (C=O) groups excluding carboxylic acids is 2. The highest BCUT2D eigenvalue weighted by Gasteiger charge is 2.54. The Morgan fingerprint density at radius 3 is 2.39 bits per heavy atom. The van der Waals surface area contributed by atoms with Crippen molar-refractivity contribution in [3.05, 3.63) is 47.0 Å². The van der Waals surface area contributed by atoms with Crippen LogP contribution in [-0.4, -0.2) is 28.1 Å².